The number of pyridine rings is 2. The van der Waals surface area contributed by atoms with E-state index in [0.29, 0.717) is 40.4 Å². The number of nitrogens with zero attached hydrogens (tertiary/aromatic N) is 3. The first-order valence-electron chi connectivity index (χ1n) is 12.8. The number of nitrogens with one attached hydrogen (secondary N) is 2. The second kappa shape index (κ2) is 9.99. The van der Waals surface area contributed by atoms with Crippen LogP contribution in [0.15, 0.2) is 48.8 Å². The summed E-state index contributed by atoms with van der Waals surface area (Å²) in [4.78, 5) is 48.7. The highest BCUT2D eigenvalue weighted by Crippen LogP contribution is 2.46. The fraction of sp³-hybridized carbons (Fsp3) is 0.321. The Kier molecular flexibility index (Phi) is 6.69. The summed E-state index contributed by atoms with van der Waals surface area (Å²) < 4.78 is 40.1. The number of rotatable bonds is 4. The Balaban J connectivity index is 1.25. The van der Waals surface area contributed by atoms with Gasteiger partial charge in [-0.3, -0.25) is 19.4 Å². The summed E-state index contributed by atoms with van der Waals surface area (Å²) in [6, 6.07) is 8.70. The van der Waals surface area contributed by atoms with Crippen molar-refractivity contribution in [2.24, 2.45) is 0 Å². The number of alkyl halides is 3. The van der Waals surface area contributed by atoms with Crippen LogP contribution in [0.25, 0.3) is 0 Å². The predicted octanol–water partition coefficient (Wildman–Crippen LogP) is 4.45. The van der Waals surface area contributed by atoms with Crippen molar-refractivity contribution >= 4 is 46.7 Å². The smallest absolute Gasteiger partial charge is 0.340 e. The molecule has 3 atom stereocenters. The zero-order chi connectivity index (χ0) is 29.1. The summed E-state index contributed by atoms with van der Waals surface area (Å²) in [5, 5.41) is 5.94. The molecule has 3 aliphatic rings. The first-order chi connectivity index (χ1) is 19.4. The molecule has 212 valence electrons. The lowest BCUT2D eigenvalue weighted by atomic mass is 9.80. The molecule has 1 aliphatic carbocycles. The Morgan fingerprint density at radius 2 is 1.88 bits per heavy atom. The first-order valence-corrected chi connectivity index (χ1v) is 13.6. The number of aromatic nitrogens is 2. The Hall–Kier alpha value is -3.70. The monoisotopic (exact) mass is 603 g/mol. The molecule has 0 bridgehead atoms. The molecule has 6 rings (SSSR count). The van der Waals surface area contributed by atoms with Gasteiger partial charge in [0, 0.05) is 52.6 Å². The summed E-state index contributed by atoms with van der Waals surface area (Å²) in [7, 11) is 0. The van der Waals surface area contributed by atoms with Gasteiger partial charge in [0.25, 0.3) is 5.91 Å². The number of carbonyl (C=O) groups excluding carboxylic acids is 3. The lowest BCUT2D eigenvalue weighted by Gasteiger charge is -2.38. The van der Waals surface area contributed by atoms with Crippen LogP contribution in [-0.4, -0.2) is 57.9 Å². The van der Waals surface area contributed by atoms with Gasteiger partial charge in [0.15, 0.2) is 0 Å². The third-order valence-electron chi connectivity index (χ3n) is 7.93. The number of piperidine rings is 1. The second-order valence-electron chi connectivity index (χ2n) is 10.5. The van der Waals surface area contributed by atoms with E-state index in [2.05, 4.69) is 20.6 Å². The highest BCUT2D eigenvalue weighted by molar-refractivity contribution is 6.36. The average Bonchev–Trinajstić information content (AvgIpc) is 3.42. The van der Waals surface area contributed by atoms with Crippen molar-refractivity contribution in [3.8, 4) is 0 Å². The molecule has 4 heterocycles. The van der Waals surface area contributed by atoms with Crippen LogP contribution < -0.4 is 10.6 Å². The minimum absolute atomic E-state index is 0.00776. The summed E-state index contributed by atoms with van der Waals surface area (Å²) in [5.41, 5.74) is 1.77. The van der Waals surface area contributed by atoms with Crippen LogP contribution in [0, 0.1) is 0 Å². The van der Waals surface area contributed by atoms with E-state index in [4.69, 9.17) is 23.2 Å². The van der Waals surface area contributed by atoms with Gasteiger partial charge in [-0.15, -0.1) is 0 Å². The van der Waals surface area contributed by atoms with E-state index < -0.39 is 41.9 Å². The topological polar surface area (TPSA) is 104 Å². The maximum absolute atomic E-state index is 13.4. The molecule has 13 heteroatoms. The molecule has 1 aromatic carbocycles. The number of fused-ring (bicyclic) bond motifs is 3. The van der Waals surface area contributed by atoms with Crippen molar-refractivity contribution in [2.75, 3.05) is 18.4 Å². The number of likely N-dealkylation sites (tertiary alicyclic amines) is 1. The molecule has 2 aliphatic heterocycles. The van der Waals surface area contributed by atoms with Gasteiger partial charge in [0.05, 0.1) is 11.0 Å². The van der Waals surface area contributed by atoms with E-state index in [1.165, 1.54) is 6.20 Å². The molecule has 1 fully saturated rings. The highest BCUT2D eigenvalue weighted by atomic mass is 35.5. The van der Waals surface area contributed by atoms with Crippen LogP contribution in [0.5, 0.6) is 0 Å². The molecule has 3 aromatic rings. The Bertz CT molecular complexity index is 1580. The Labute approximate surface area is 242 Å². The number of halogens is 5. The molecule has 0 saturated carbocycles. The number of hydrogen-bond donors (Lipinski definition) is 2. The van der Waals surface area contributed by atoms with Crippen molar-refractivity contribution in [1.82, 2.24) is 20.2 Å². The van der Waals surface area contributed by atoms with Crippen LogP contribution >= 0.6 is 23.2 Å². The number of anilines is 1. The molecule has 1 spiro atoms. The van der Waals surface area contributed by atoms with Crippen LogP contribution in [0.3, 0.4) is 0 Å². The van der Waals surface area contributed by atoms with Gasteiger partial charge in [-0.25, -0.2) is 4.98 Å². The minimum Gasteiger partial charge on any atom is -0.340 e. The molecular formula is C28H22Cl2F3N5O3. The lowest BCUT2D eigenvalue weighted by molar-refractivity contribution is -0.165. The van der Waals surface area contributed by atoms with Crippen LogP contribution in [0.1, 0.15) is 45.1 Å². The summed E-state index contributed by atoms with van der Waals surface area (Å²) in [6.45, 7) is -1.73. The second-order valence-corrected chi connectivity index (χ2v) is 11.4. The van der Waals surface area contributed by atoms with E-state index in [1.807, 2.05) is 6.07 Å². The van der Waals surface area contributed by atoms with Crippen molar-refractivity contribution in [2.45, 2.75) is 42.8 Å². The summed E-state index contributed by atoms with van der Waals surface area (Å²) >= 11 is 12.7. The maximum atomic E-state index is 13.4. The number of carbonyl (C=O) groups is 3. The number of benzene rings is 1. The molecular weight excluding hydrogens is 582 g/mol. The summed E-state index contributed by atoms with van der Waals surface area (Å²) in [6.07, 6.45) is -1.07. The molecule has 3 amide bonds. The molecule has 8 nitrogen and oxygen atoms in total. The molecule has 1 saturated heterocycles. The molecule has 2 N–H and O–H groups in total. The van der Waals surface area contributed by atoms with Gasteiger partial charge in [0.2, 0.25) is 11.8 Å². The van der Waals surface area contributed by atoms with Crippen molar-refractivity contribution < 1.29 is 27.6 Å². The van der Waals surface area contributed by atoms with Crippen LogP contribution in [0.4, 0.5) is 19.0 Å². The third-order valence-corrected chi connectivity index (χ3v) is 8.59. The third kappa shape index (κ3) is 4.91. The maximum Gasteiger partial charge on any atom is 0.406 e. The lowest BCUT2D eigenvalue weighted by Crippen LogP contribution is -2.56. The predicted molar refractivity (Wildman–Crippen MR) is 144 cm³/mol. The van der Waals surface area contributed by atoms with Crippen LogP contribution in [0.2, 0.25) is 10.0 Å². The number of hydrogen-bond acceptors (Lipinski definition) is 5. The average molecular weight is 604 g/mol. The zero-order valence-electron chi connectivity index (χ0n) is 21.3. The van der Waals surface area contributed by atoms with Crippen molar-refractivity contribution in [3.63, 3.8) is 0 Å². The summed E-state index contributed by atoms with van der Waals surface area (Å²) in [5.74, 6) is -1.87. The van der Waals surface area contributed by atoms with E-state index in [-0.39, 0.29) is 34.5 Å². The van der Waals surface area contributed by atoms with Gasteiger partial charge in [-0.1, -0.05) is 35.3 Å². The van der Waals surface area contributed by atoms with Gasteiger partial charge >= 0.3 is 6.18 Å². The Morgan fingerprint density at radius 3 is 2.61 bits per heavy atom. The fourth-order valence-electron chi connectivity index (χ4n) is 6.11. The van der Waals surface area contributed by atoms with E-state index in [9.17, 15) is 27.6 Å². The van der Waals surface area contributed by atoms with Crippen molar-refractivity contribution in [1.29, 1.82) is 0 Å². The Morgan fingerprint density at radius 1 is 1.12 bits per heavy atom. The standard InChI is InChI=1S/C28H22Cl2F3N5O3/c29-18-4-1-5-19(30)22(18)16-8-20(25(40)38(12-16)13-28(31,32)33)36-24(39)15-7-14-9-27(10-21(14)35-11-15)17-3-2-6-34-23(17)37-26(27)41/h1-7,11,16,20H,8-10,12-13H2,(H,36,39)(H,34,37,41)/t16-,20+,27+/m1/s1. The molecule has 2 aromatic heterocycles. The zero-order valence-corrected chi connectivity index (χ0v) is 22.8. The molecule has 0 radical (unpaired) electrons. The van der Waals surface area contributed by atoms with E-state index >= 15 is 0 Å². The number of amides is 3. The van der Waals surface area contributed by atoms with E-state index in [1.54, 1.807) is 36.5 Å². The van der Waals surface area contributed by atoms with Crippen molar-refractivity contribution in [3.05, 3.63) is 86.8 Å². The fourth-order valence-corrected chi connectivity index (χ4v) is 6.81. The van der Waals surface area contributed by atoms with Gasteiger partial charge in [0.1, 0.15) is 18.4 Å². The SMILES string of the molecule is O=C(N[C@H]1C[C@@H](c2c(Cl)cccc2Cl)CN(CC(F)(F)F)C1=O)c1cnc2c(c1)C[C@@]1(C2)C(=O)Nc2ncccc21. The minimum atomic E-state index is -4.64. The highest BCUT2D eigenvalue weighted by Gasteiger charge is 2.52. The quantitative estimate of drug-likeness (QED) is 0.458. The first kappa shape index (κ1) is 27.5. The van der Waals surface area contributed by atoms with Gasteiger partial charge in [-0.05, 0) is 48.2 Å². The largest absolute Gasteiger partial charge is 0.406 e. The van der Waals surface area contributed by atoms with Gasteiger partial charge in [-0.2, -0.15) is 13.2 Å². The van der Waals surface area contributed by atoms with E-state index in [0.717, 1.165) is 5.56 Å². The van der Waals surface area contributed by atoms with Crippen LogP contribution in [-0.2, 0) is 27.8 Å². The molecule has 41 heavy (non-hydrogen) atoms. The molecule has 0 unspecified atom stereocenters. The van der Waals surface area contributed by atoms with Gasteiger partial charge < -0.3 is 15.5 Å². The normalized spacial score (nSPS) is 23.4.